The Morgan fingerprint density at radius 2 is 1.14 bits per heavy atom. The second-order valence-electron chi connectivity index (χ2n) is 8.16. The van der Waals surface area contributed by atoms with Gasteiger partial charge in [0.2, 0.25) is 28.4 Å². The molecule has 0 aliphatic heterocycles. The van der Waals surface area contributed by atoms with Crippen LogP contribution in [0.4, 0.5) is 5.69 Å². The summed E-state index contributed by atoms with van der Waals surface area (Å²) in [5.74, 6) is 1.25. The Morgan fingerprint density at radius 1 is 0.762 bits per heavy atom. The minimum Gasteiger partial charge on any atom is -0.530 e. The highest BCUT2D eigenvalue weighted by Crippen LogP contribution is 2.34. The Bertz CT molecular complexity index is 457. The number of nitrogens with zero attached hydrogens (tertiary/aromatic N) is 2. The van der Waals surface area contributed by atoms with Crippen molar-refractivity contribution in [1.29, 1.82) is 0 Å². The first-order chi connectivity index (χ1) is 9.27. The van der Waals surface area contributed by atoms with Crippen molar-refractivity contribution >= 4 is 30.6 Å². The van der Waals surface area contributed by atoms with Gasteiger partial charge in [-0.1, -0.05) is 19.6 Å². The number of nitrogens with one attached hydrogen (secondary N) is 1. The quantitative estimate of drug-likeness (QED) is 0.786. The first-order valence-corrected chi connectivity index (χ1v) is 17.6. The zero-order valence-corrected chi connectivity index (χ0v) is 17.8. The molecule has 5 nitrogen and oxygen atoms in total. The van der Waals surface area contributed by atoms with Gasteiger partial charge in [0.1, 0.15) is 20.3 Å². The van der Waals surface area contributed by atoms with E-state index in [0.29, 0.717) is 11.8 Å². The molecule has 1 aromatic heterocycles. The van der Waals surface area contributed by atoms with Crippen molar-refractivity contribution in [3.8, 4) is 11.8 Å². The van der Waals surface area contributed by atoms with Crippen molar-refractivity contribution in [2.45, 2.75) is 58.9 Å². The molecule has 1 rings (SSSR count). The van der Waals surface area contributed by atoms with E-state index in [2.05, 4.69) is 73.9 Å². The molecular weight excluding hydrogens is 314 g/mol. The summed E-state index contributed by atoms with van der Waals surface area (Å²) in [5.41, 5.74) is 0.821. The van der Waals surface area contributed by atoms with Gasteiger partial charge in [0.15, 0.2) is 0 Å². The Morgan fingerprint density at radius 3 is 1.43 bits per heavy atom. The summed E-state index contributed by atoms with van der Waals surface area (Å²) in [7, 11) is -5.06. The first-order valence-electron chi connectivity index (χ1n) is 7.28. The van der Waals surface area contributed by atoms with Crippen molar-refractivity contribution in [2.24, 2.45) is 0 Å². The maximum absolute atomic E-state index is 6.12. The van der Waals surface area contributed by atoms with Crippen LogP contribution in [0, 0.1) is 0 Å². The third-order valence-corrected chi connectivity index (χ3v) is 4.69. The van der Waals surface area contributed by atoms with Crippen LogP contribution < -0.4 is 13.8 Å². The molecule has 0 aliphatic carbocycles. The Kier molecular flexibility index (Phi) is 5.27. The van der Waals surface area contributed by atoms with Gasteiger partial charge in [-0.3, -0.25) is 0 Å². The predicted octanol–water partition coefficient (Wildman–Crippen LogP) is 4.15. The molecule has 1 aromatic rings. The second kappa shape index (κ2) is 6.09. The van der Waals surface area contributed by atoms with Gasteiger partial charge in [-0.15, -0.1) is 0 Å². The first kappa shape index (κ1) is 18.2. The molecule has 0 radical (unpaired) electrons. The second-order valence-corrected chi connectivity index (χ2v) is 21.8. The molecule has 0 atom stereocenters. The lowest BCUT2D eigenvalue weighted by Gasteiger charge is -2.28. The normalized spacial score (nSPS) is 13.0. The molecule has 0 fully saturated rings. The fourth-order valence-corrected chi connectivity index (χ4v) is 4.00. The van der Waals surface area contributed by atoms with Crippen molar-refractivity contribution in [1.82, 2.24) is 9.97 Å². The van der Waals surface area contributed by atoms with E-state index in [1.165, 1.54) is 6.33 Å². The molecule has 1 N–H and O–H groups in total. The average Bonchev–Trinajstić information content (AvgIpc) is 2.16. The minimum absolute atomic E-state index is 0.625. The highest BCUT2D eigenvalue weighted by atomic mass is 28.4. The highest BCUT2D eigenvalue weighted by molar-refractivity contribution is 6.79. The van der Waals surface area contributed by atoms with Crippen molar-refractivity contribution < 1.29 is 8.85 Å². The van der Waals surface area contributed by atoms with E-state index in [0.717, 1.165) is 5.69 Å². The number of anilines is 1. The monoisotopic (exact) mass is 343 g/mol. The Hall–Kier alpha value is -0.869. The van der Waals surface area contributed by atoms with Crippen LogP contribution in [-0.2, 0) is 0 Å². The molecule has 0 aliphatic rings. The van der Waals surface area contributed by atoms with E-state index >= 15 is 0 Å². The lowest BCUT2D eigenvalue weighted by atomic mass is 10.5. The van der Waals surface area contributed by atoms with Crippen molar-refractivity contribution in [3.63, 3.8) is 0 Å². The largest absolute Gasteiger partial charge is 0.530 e. The summed E-state index contributed by atoms with van der Waals surface area (Å²) in [6.45, 7) is 19.6. The van der Waals surface area contributed by atoms with Gasteiger partial charge in [0.05, 0.1) is 0 Å². The van der Waals surface area contributed by atoms with Gasteiger partial charge >= 0.3 is 0 Å². The molecule has 0 aromatic carbocycles. The summed E-state index contributed by atoms with van der Waals surface area (Å²) in [6, 6.07) is 0. The summed E-state index contributed by atoms with van der Waals surface area (Å²) in [5, 5.41) is 0. The molecular formula is C13H29N3O2Si3. The SMILES string of the molecule is C[Si](C)(C)Nc1c(O[Si](C)(C)C)ncnc1O[Si](C)(C)C. The highest BCUT2D eigenvalue weighted by Gasteiger charge is 2.27. The molecule has 0 amide bonds. The molecule has 0 spiro atoms. The third kappa shape index (κ3) is 7.09. The van der Waals surface area contributed by atoms with Crippen LogP contribution in [-0.4, -0.2) is 34.8 Å². The molecule has 1 heterocycles. The average molecular weight is 344 g/mol. The van der Waals surface area contributed by atoms with Crippen LogP contribution in [0.1, 0.15) is 0 Å². The van der Waals surface area contributed by atoms with Crippen LogP contribution >= 0.6 is 0 Å². The van der Waals surface area contributed by atoms with Crippen LogP contribution in [0.3, 0.4) is 0 Å². The van der Waals surface area contributed by atoms with Gasteiger partial charge < -0.3 is 13.8 Å². The lowest BCUT2D eigenvalue weighted by Crippen LogP contribution is -2.36. The summed E-state index contributed by atoms with van der Waals surface area (Å²) in [6.07, 6.45) is 1.53. The summed E-state index contributed by atoms with van der Waals surface area (Å²) >= 11 is 0. The molecule has 0 saturated heterocycles. The number of hydrogen-bond acceptors (Lipinski definition) is 5. The molecule has 21 heavy (non-hydrogen) atoms. The summed E-state index contributed by atoms with van der Waals surface area (Å²) in [4.78, 5) is 12.2. The number of aromatic nitrogens is 2. The van der Waals surface area contributed by atoms with Gasteiger partial charge in [0.25, 0.3) is 0 Å². The molecule has 0 bridgehead atoms. The number of rotatable bonds is 6. The predicted molar refractivity (Wildman–Crippen MR) is 96.9 cm³/mol. The Balaban J connectivity index is 3.27. The van der Waals surface area contributed by atoms with Gasteiger partial charge in [-0.25, -0.2) is 9.97 Å². The molecule has 8 heteroatoms. The third-order valence-electron chi connectivity index (χ3n) is 2.08. The summed E-state index contributed by atoms with van der Waals surface area (Å²) < 4.78 is 12.2. The minimum atomic E-state index is -1.75. The molecule has 0 unspecified atom stereocenters. The van der Waals surface area contributed by atoms with E-state index < -0.39 is 24.9 Å². The van der Waals surface area contributed by atoms with Crippen LogP contribution in [0.5, 0.6) is 11.8 Å². The van der Waals surface area contributed by atoms with Crippen LogP contribution in [0.15, 0.2) is 6.33 Å². The van der Waals surface area contributed by atoms with Gasteiger partial charge in [-0.2, -0.15) is 0 Å². The zero-order chi connectivity index (χ0) is 16.5. The van der Waals surface area contributed by atoms with Crippen LogP contribution in [0.2, 0.25) is 58.9 Å². The zero-order valence-electron chi connectivity index (χ0n) is 14.8. The number of hydrogen-bond donors (Lipinski definition) is 1. The van der Waals surface area contributed by atoms with E-state index in [4.69, 9.17) is 8.85 Å². The van der Waals surface area contributed by atoms with E-state index in [9.17, 15) is 0 Å². The van der Waals surface area contributed by atoms with Crippen molar-refractivity contribution in [3.05, 3.63) is 6.33 Å². The standard InChI is InChI=1S/C13H29N3O2Si3/c1-19(2,3)16-11-12(17-20(4,5)6)14-10-15-13(11)18-21(7,8)9/h10,16H,1-9H3. The lowest BCUT2D eigenvalue weighted by molar-refractivity contribution is 0.506. The van der Waals surface area contributed by atoms with Gasteiger partial charge in [-0.05, 0) is 39.3 Å². The molecule has 120 valence electrons. The van der Waals surface area contributed by atoms with E-state index in [1.54, 1.807) is 0 Å². The van der Waals surface area contributed by atoms with E-state index in [-0.39, 0.29) is 0 Å². The maximum atomic E-state index is 6.12. The Labute approximate surface area is 131 Å². The smallest absolute Gasteiger partial charge is 0.244 e. The molecule has 0 saturated carbocycles. The van der Waals surface area contributed by atoms with Gasteiger partial charge in [0, 0.05) is 0 Å². The van der Waals surface area contributed by atoms with Crippen LogP contribution in [0.25, 0.3) is 0 Å². The van der Waals surface area contributed by atoms with E-state index in [1.807, 2.05) is 0 Å². The van der Waals surface area contributed by atoms with Crippen molar-refractivity contribution in [2.75, 3.05) is 4.98 Å². The fraction of sp³-hybridized carbons (Fsp3) is 0.692. The fourth-order valence-electron chi connectivity index (χ4n) is 1.57. The maximum Gasteiger partial charge on any atom is 0.244 e. The topological polar surface area (TPSA) is 56.3 Å².